The van der Waals surface area contributed by atoms with E-state index in [4.69, 9.17) is 0 Å². The maximum absolute atomic E-state index is 12.0. The highest BCUT2D eigenvalue weighted by Gasteiger charge is 2.33. The van der Waals surface area contributed by atoms with Gasteiger partial charge in [0.15, 0.2) is 0 Å². The third-order valence-electron chi connectivity index (χ3n) is 4.04. The van der Waals surface area contributed by atoms with E-state index in [9.17, 15) is 9.90 Å². The van der Waals surface area contributed by atoms with Crippen LogP contribution in [0.1, 0.15) is 32.6 Å². The molecule has 3 N–H and O–H groups in total. The van der Waals surface area contributed by atoms with Crippen LogP contribution in [0.4, 0.5) is 0 Å². The lowest BCUT2D eigenvalue weighted by atomic mass is 10.0. The Morgan fingerprint density at radius 1 is 1.44 bits per heavy atom. The topological polar surface area (TPSA) is 61.4 Å². The molecular formula is C12H22N2O2. The van der Waals surface area contributed by atoms with Crippen molar-refractivity contribution in [3.8, 4) is 0 Å². The molecule has 2 fully saturated rings. The van der Waals surface area contributed by atoms with Crippen LogP contribution in [0, 0.1) is 11.8 Å². The van der Waals surface area contributed by atoms with Gasteiger partial charge < -0.3 is 15.7 Å². The maximum Gasteiger partial charge on any atom is 0.237 e. The van der Waals surface area contributed by atoms with Gasteiger partial charge in [0.2, 0.25) is 5.91 Å². The fourth-order valence-electron chi connectivity index (χ4n) is 2.90. The van der Waals surface area contributed by atoms with Gasteiger partial charge in [-0.2, -0.15) is 0 Å². The normalized spacial score (nSPS) is 38.9. The number of hydrogen-bond acceptors (Lipinski definition) is 3. The van der Waals surface area contributed by atoms with Crippen LogP contribution in [-0.2, 0) is 4.79 Å². The van der Waals surface area contributed by atoms with Crippen LogP contribution in [0.2, 0.25) is 0 Å². The standard InChI is InChI=1S/C12H22N2O2/c1-8-5-6-13-11(8)12(16)14-10-4-2-3-9(10)7-15/h8-11,13,15H,2-7H2,1H3,(H,14,16). The molecule has 1 aliphatic carbocycles. The predicted octanol–water partition coefficient (Wildman–Crippen LogP) is 0.262. The Labute approximate surface area is 96.8 Å². The third kappa shape index (κ3) is 2.38. The van der Waals surface area contributed by atoms with Gasteiger partial charge in [-0.3, -0.25) is 4.79 Å². The molecule has 0 radical (unpaired) electrons. The SMILES string of the molecule is CC1CCNC1C(=O)NC1CCCC1CO. The Morgan fingerprint density at radius 3 is 2.88 bits per heavy atom. The van der Waals surface area contributed by atoms with Crippen LogP contribution in [0.25, 0.3) is 0 Å². The molecule has 0 aromatic heterocycles. The van der Waals surface area contributed by atoms with Crippen LogP contribution in [0.15, 0.2) is 0 Å². The molecule has 1 heterocycles. The van der Waals surface area contributed by atoms with E-state index in [1.165, 1.54) is 0 Å². The van der Waals surface area contributed by atoms with Gasteiger partial charge >= 0.3 is 0 Å². The van der Waals surface area contributed by atoms with Crippen molar-refractivity contribution in [2.45, 2.75) is 44.7 Å². The van der Waals surface area contributed by atoms with Crippen LogP contribution in [0.5, 0.6) is 0 Å². The molecule has 0 aromatic rings. The maximum atomic E-state index is 12.0. The highest BCUT2D eigenvalue weighted by molar-refractivity contribution is 5.82. The lowest BCUT2D eigenvalue weighted by Gasteiger charge is -2.22. The van der Waals surface area contributed by atoms with Gasteiger partial charge in [-0.25, -0.2) is 0 Å². The first-order chi connectivity index (χ1) is 7.72. The summed E-state index contributed by atoms with van der Waals surface area (Å²) < 4.78 is 0. The second-order valence-electron chi connectivity index (χ2n) is 5.19. The van der Waals surface area contributed by atoms with Crippen molar-refractivity contribution < 1.29 is 9.90 Å². The van der Waals surface area contributed by atoms with Crippen molar-refractivity contribution in [3.05, 3.63) is 0 Å². The molecule has 92 valence electrons. The third-order valence-corrected chi connectivity index (χ3v) is 4.04. The van der Waals surface area contributed by atoms with E-state index < -0.39 is 0 Å². The summed E-state index contributed by atoms with van der Waals surface area (Å²) in [7, 11) is 0. The molecule has 1 saturated heterocycles. The lowest BCUT2D eigenvalue weighted by Crippen LogP contribution is -2.48. The molecule has 1 amide bonds. The van der Waals surface area contributed by atoms with Crippen LogP contribution in [0.3, 0.4) is 0 Å². The molecular weight excluding hydrogens is 204 g/mol. The Hall–Kier alpha value is -0.610. The largest absolute Gasteiger partial charge is 0.396 e. The monoisotopic (exact) mass is 226 g/mol. The van der Waals surface area contributed by atoms with Gasteiger partial charge in [-0.1, -0.05) is 13.3 Å². The molecule has 0 aromatic carbocycles. The van der Waals surface area contributed by atoms with Gasteiger partial charge in [-0.05, 0) is 31.7 Å². The van der Waals surface area contributed by atoms with E-state index in [2.05, 4.69) is 17.6 Å². The smallest absolute Gasteiger partial charge is 0.237 e. The highest BCUT2D eigenvalue weighted by Crippen LogP contribution is 2.25. The van der Waals surface area contributed by atoms with Crippen molar-refractivity contribution in [3.63, 3.8) is 0 Å². The summed E-state index contributed by atoms with van der Waals surface area (Å²) in [5, 5.41) is 15.5. The second kappa shape index (κ2) is 5.15. The number of amides is 1. The fourth-order valence-corrected chi connectivity index (χ4v) is 2.90. The first-order valence-corrected chi connectivity index (χ1v) is 6.37. The van der Waals surface area contributed by atoms with Gasteiger partial charge in [0, 0.05) is 18.6 Å². The Morgan fingerprint density at radius 2 is 2.25 bits per heavy atom. The van der Waals surface area contributed by atoms with E-state index >= 15 is 0 Å². The zero-order chi connectivity index (χ0) is 11.5. The number of aliphatic hydroxyl groups is 1. The molecule has 1 aliphatic heterocycles. The minimum Gasteiger partial charge on any atom is -0.396 e. The van der Waals surface area contributed by atoms with E-state index in [1.807, 2.05) is 0 Å². The van der Waals surface area contributed by atoms with E-state index in [1.54, 1.807) is 0 Å². The lowest BCUT2D eigenvalue weighted by molar-refractivity contribution is -0.124. The summed E-state index contributed by atoms with van der Waals surface area (Å²) in [5.74, 6) is 0.810. The summed E-state index contributed by atoms with van der Waals surface area (Å²) in [4.78, 5) is 12.0. The molecule has 16 heavy (non-hydrogen) atoms. The Bertz CT molecular complexity index is 257. The van der Waals surface area contributed by atoms with Crippen molar-refractivity contribution in [2.75, 3.05) is 13.2 Å². The molecule has 2 rings (SSSR count). The van der Waals surface area contributed by atoms with Crippen LogP contribution < -0.4 is 10.6 Å². The summed E-state index contributed by atoms with van der Waals surface area (Å²) >= 11 is 0. The zero-order valence-corrected chi connectivity index (χ0v) is 9.91. The first kappa shape index (κ1) is 11.9. The molecule has 2 aliphatic rings. The highest BCUT2D eigenvalue weighted by atomic mass is 16.3. The van der Waals surface area contributed by atoms with Gasteiger partial charge in [0.25, 0.3) is 0 Å². The van der Waals surface area contributed by atoms with Crippen molar-refractivity contribution in [1.29, 1.82) is 0 Å². The minimum absolute atomic E-state index is 0.0278. The van der Waals surface area contributed by atoms with E-state index in [-0.39, 0.29) is 30.5 Å². The van der Waals surface area contributed by atoms with Gasteiger partial charge in [-0.15, -0.1) is 0 Å². The number of aliphatic hydroxyl groups excluding tert-OH is 1. The summed E-state index contributed by atoms with van der Waals surface area (Å²) in [6.45, 7) is 3.24. The second-order valence-corrected chi connectivity index (χ2v) is 5.19. The van der Waals surface area contributed by atoms with Crippen molar-refractivity contribution >= 4 is 5.91 Å². The number of rotatable bonds is 3. The fraction of sp³-hybridized carbons (Fsp3) is 0.917. The molecule has 4 unspecified atom stereocenters. The summed E-state index contributed by atoms with van der Waals surface area (Å²) in [5.41, 5.74) is 0. The quantitative estimate of drug-likeness (QED) is 0.647. The first-order valence-electron chi connectivity index (χ1n) is 6.37. The molecule has 4 heteroatoms. The average Bonchev–Trinajstić information content (AvgIpc) is 2.86. The number of carbonyl (C=O) groups excluding carboxylic acids is 1. The van der Waals surface area contributed by atoms with Gasteiger partial charge in [0.05, 0.1) is 6.04 Å². The Kier molecular flexibility index (Phi) is 3.82. The Balaban J connectivity index is 1.86. The zero-order valence-electron chi connectivity index (χ0n) is 9.91. The van der Waals surface area contributed by atoms with E-state index in [0.29, 0.717) is 5.92 Å². The van der Waals surface area contributed by atoms with Crippen LogP contribution in [-0.4, -0.2) is 36.2 Å². The van der Waals surface area contributed by atoms with Crippen molar-refractivity contribution in [2.24, 2.45) is 11.8 Å². The molecule has 4 nitrogen and oxygen atoms in total. The molecule has 4 atom stereocenters. The minimum atomic E-state index is -0.0278. The van der Waals surface area contributed by atoms with Gasteiger partial charge in [0.1, 0.15) is 0 Å². The molecule has 0 bridgehead atoms. The average molecular weight is 226 g/mol. The van der Waals surface area contributed by atoms with Crippen LogP contribution >= 0.6 is 0 Å². The van der Waals surface area contributed by atoms with Crippen molar-refractivity contribution in [1.82, 2.24) is 10.6 Å². The number of hydrogen-bond donors (Lipinski definition) is 3. The molecule has 1 saturated carbocycles. The summed E-state index contributed by atoms with van der Waals surface area (Å²) in [6, 6.07) is 0.159. The summed E-state index contributed by atoms with van der Waals surface area (Å²) in [6.07, 6.45) is 4.24. The molecule has 0 spiro atoms. The van der Waals surface area contributed by atoms with E-state index in [0.717, 1.165) is 32.2 Å². The number of nitrogens with one attached hydrogen (secondary N) is 2. The predicted molar refractivity (Wildman–Crippen MR) is 61.9 cm³/mol. The number of carbonyl (C=O) groups is 1.